The van der Waals surface area contributed by atoms with Crippen LogP contribution in [0.1, 0.15) is 30.3 Å². The lowest BCUT2D eigenvalue weighted by molar-refractivity contribution is 0.176. The minimum atomic E-state index is -2.68. The number of benzene rings is 1. The van der Waals surface area contributed by atoms with E-state index in [1.807, 2.05) is 0 Å². The largest absolute Gasteiger partial charge is 0.507 e. The number of aryl methyl sites for hydroxylation is 1. The number of piperidine rings is 1. The lowest BCUT2D eigenvalue weighted by atomic mass is 9.96. The number of nitrogens with zero attached hydrogens (tertiary/aromatic N) is 5. The molecule has 2 fully saturated rings. The fraction of sp³-hybridized carbons (Fsp3) is 0.455. The van der Waals surface area contributed by atoms with Crippen molar-refractivity contribution in [1.29, 1.82) is 0 Å². The fourth-order valence-corrected chi connectivity index (χ4v) is 4.69. The number of rotatable bonds is 4. The second kappa shape index (κ2) is 7.77. The first-order chi connectivity index (χ1) is 16.6. The van der Waals surface area contributed by atoms with Gasteiger partial charge in [-0.1, -0.05) is 0 Å². The number of fused-ring (bicyclic) bond motifs is 3. The van der Waals surface area contributed by atoms with E-state index >= 15 is 4.39 Å². The summed E-state index contributed by atoms with van der Waals surface area (Å²) in [6.45, 7) is -0.720. The molecule has 5 rings (SSSR count). The Morgan fingerprint density at radius 3 is 2.91 bits per heavy atom. The predicted molar refractivity (Wildman–Crippen MR) is 116 cm³/mol. The van der Waals surface area contributed by atoms with Crippen molar-refractivity contribution in [2.75, 3.05) is 11.9 Å². The Kier molecular flexibility index (Phi) is 4.23. The third-order valence-electron chi connectivity index (χ3n) is 6.42. The summed E-state index contributed by atoms with van der Waals surface area (Å²) >= 11 is 0. The molecule has 1 unspecified atom stereocenters. The molecule has 3 aromatic rings. The number of anilines is 1. The van der Waals surface area contributed by atoms with Crippen molar-refractivity contribution in [3.05, 3.63) is 40.7 Å². The Bertz CT molecular complexity index is 1330. The van der Waals surface area contributed by atoms with Gasteiger partial charge in [0.2, 0.25) is 0 Å². The summed E-state index contributed by atoms with van der Waals surface area (Å²) < 4.78 is 55.0. The van der Waals surface area contributed by atoms with E-state index in [4.69, 9.17) is 4.11 Å². The highest BCUT2D eigenvalue weighted by Gasteiger charge is 2.43. The highest BCUT2D eigenvalue weighted by Crippen LogP contribution is 2.34. The Hall–Kier alpha value is -3.14. The maximum Gasteiger partial charge on any atom is 0.258 e. The lowest BCUT2D eigenvalue weighted by Crippen LogP contribution is -2.55. The van der Waals surface area contributed by atoms with Crippen molar-refractivity contribution in [2.45, 2.75) is 57.0 Å². The van der Waals surface area contributed by atoms with Gasteiger partial charge in [-0.15, -0.1) is 10.2 Å². The van der Waals surface area contributed by atoms with Crippen LogP contribution >= 0.6 is 0 Å². The van der Waals surface area contributed by atoms with Gasteiger partial charge in [-0.3, -0.25) is 4.79 Å². The summed E-state index contributed by atoms with van der Waals surface area (Å²) in [5, 5.41) is 21.6. The van der Waals surface area contributed by atoms with Gasteiger partial charge in [-0.2, -0.15) is 0 Å². The first-order valence-electron chi connectivity index (χ1n) is 12.0. The quantitative estimate of drug-likeness (QED) is 0.637. The topological polar surface area (TPSA) is 96.2 Å². The number of phenols is 1. The van der Waals surface area contributed by atoms with E-state index in [2.05, 4.69) is 20.5 Å². The molecule has 2 aromatic heterocycles. The van der Waals surface area contributed by atoms with Gasteiger partial charge in [0.1, 0.15) is 17.7 Å². The molecule has 0 radical (unpaired) electrons. The Morgan fingerprint density at radius 1 is 1.34 bits per heavy atom. The molecular formula is C22H24F2N6O2. The van der Waals surface area contributed by atoms with Crippen LogP contribution in [0.3, 0.4) is 0 Å². The van der Waals surface area contributed by atoms with E-state index in [1.54, 1.807) is 6.92 Å². The normalized spacial score (nSPS) is 26.5. The molecule has 0 saturated carbocycles. The number of nitrogens with one attached hydrogen (secondary N) is 1. The van der Waals surface area contributed by atoms with Crippen molar-refractivity contribution >= 4 is 16.6 Å². The molecule has 4 heterocycles. The zero-order chi connectivity index (χ0) is 25.1. The lowest BCUT2D eigenvalue weighted by Gasteiger charge is -2.38. The number of phenolic OH excluding ortho intramolecular Hbond substituents is 1. The van der Waals surface area contributed by atoms with Crippen molar-refractivity contribution in [3.8, 4) is 17.1 Å². The van der Waals surface area contributed by atoms with Crippen LogP contribution in [0.4, 0.5) is 14.6 Å². The molecular weight excluding hydrogens is 418 g/mol. The molecule has 8 nitrogen and oxygen atoms in total. The molecule has 0 aliphatic carbocycles. The van der Waals surface area contributed by atoms with Crippen LogP contribution in [0.25, 0.3) is 22.2 Å². The van der Waals surface area contributed by atoms with Crippen LogP contribution in [0.2, 0.25) is 0 Å². The minimum Gasteiger partial charge on any atom is -0.507 e. The zero-order valence-corrected chi connectivity index (χ0v) is 17.3. The van der Waals surface area contributed by atoms with Crippen LogP contribution < -0.4 is 15.8 Å². The van der Waals surface area contributed by atoms with Crippen molar-refractivity contribution < 1.29 is 18.0 Å². The highest BCUT2D eigenvalue weighted by atomic mass is 19.1. The van der Waals surface area contributed by atoms with E-state index in [0.29, 0.717) is 12.8 Å². The van der Waals surface area contributed by atoms with Gasteiger partial charge in [0, 0.05) is 41.3 Å². The molecule has 2 aliphatic heterocycles. The average Bonchev–Trinajstić information content (AvgIpc) is 3.22. The molecule has 2 bridgehead atoms. The van der Waals surface area contributed by atoms with E-state index < -0.39 is 36.6 Å². The number of alkyl halides is 1. The minimum absolute atomic E-state index is 0.000724. The van der Waals surface area contributed by atoms with Crippen molar-refractivity contribution in [2.24, 2.45) is 0 Å². The summed E-state index contributed by atoms with van der Waals surface area (Å²) in [4.78, 5) is 17.6. The second-order valence-corrected chi connectivity index (χ2v) is 8.29. The standard InChI is InChI=1S/C22H24F2N6O2/c1-3-30-10-15(23)12-7-14(18(31)8-13(12)22(30)32)21-25-9-19(27-28-21)29(2)17-6-11-4-5-16(26-11)20(17)24/h7-11,16-17,20,26,31H,3-6H2,1-2H3/t11?,16-,17+,20-/m1/s1/i2D3. The molecule has 0 spiro atoms. The summed E-state index contributed by atoms with van der Waals surface area (Å²) in [6, 6.07) is 1.09. The maximum absolute atomic E-state index is 15.2. The number of aromatic nitrogens is 4. The first-order valence-corrected chi connectivity index (χ1v) is 10.5. The smallest absolute Gasteiger partial charge is 0.258 e. The van der Waals surface area contributed by atoms with Crippen molar-refractivity contribution in [3.63, 3.8) is 0 Å². The summed E-state index contributed by atoms with van der Waals surface area (Å²) in [5.41, 5.74) is -0.432. The number of hydrogen-bond acceptors (Lipinski definition) is 7. The van der Waals surface area contributed by atoms with Crippen LogP contribution in [0, 0.1) is 5.82 Å². The van der Waals surface area contributed by atoms with Crippen LogP contribution in [-0.4, -0.2) is 56.1 Å². The molecule has 2 aliphatic rings. The second-order valence-electron chi connectivity index (χ2n) is 8.29. The van der Waals surface area contributed by atoms with Gasteiger partial charge in [0.05, 0.1) is 23.2 Å². The highest BCUT2D eigenvalue weighted by molar-refractivity contribution is 5.89. The van der Waals surface area contributed by atoms with E-state index in [9.17, 15) is 14.3 Å². The third-order valence-corrected chi connectivity index (χ3v) is 6.42. The summed E-state index contributed by atoms with van der Waals surface area (Å²) in [6.07, 6.45) is 2.55. The first kappa shape index (κ1) is 17.4. The maximum atomic E-state index is 15.2. The Labute approximate surface area is 187 Å². The molecule has 32 heavy (non-hydrogen) atoms. The zero-order valence-electron chi connectivity index (χ0n) is 20.3. The Balaban J connectivity index is 1.53. The molecule has 168 valence electrons. The van der Waals surface area contributed by atoms with E-state index in [-0.39, 0.29) is 46.3 Å². The van der Waals surface area contributed by atoms with Crippen LogP contribution in [0.5, 0.6) is 5.75 Å². The monoisotopic (exact) mass is 445 g/mol. The fourth-order valence-electron chi connectivity index (χ4n) is 4.69. The van der Waals surface area contributed by atoms with Gasteiger partial charge in [-0.05, 0) is 38.3 Å². The number of hydrogen-bond donors (Lipinski definition) is 2. The number of pyridine rings is 1. The van der Waals surface area contributed by atoms with Gasteiger partial charge >= 0.3 is 0 Å². The molecule has 10 heteroatoms. The molecule has 0 amide bonds. The van der Waals surface area contributed by atoms with Gasteiger partial charge in [0.15, 0.2) is 11.6 Å². The van der Waals surface area contributed by atoms with Gasteiger partial charge in [-0.25, -0.2) is 13.8 Å². The molecule has 4 atom stereocenters. The SMILES string of the molecule is [2H]C([2H])([2H])N(c1cnc(-c2cc3c(F)cn(CC)c(=O)c3cc2O)nn1)[C@H]1CC2CC[C@@H](N2)[C@H]1F. The summed E-state index contributed by atoms with van der Waals surface area (Å²) in [5.74, 6) is -1.24. The Morgan fingerprint density at radius 2 is 2.19 bits per heavy atom. The predicted octanol–water partition coefficient (Wildman–Crippen LogP) is 2.39. The van der Waals surface area contributed by atoms with E-state index in [0.717, 1.165) is 29.8 Å². The summed E-state index contributed by atoms with van der Waals surface area (Å²) in [7, 11) is 0. The van der Waals surface area contributed by atoms with Gasteiger partial charge < -0.3 is 19.9 Å². The third kappa shape index (κ3) is 3.29. The number of aromatic hydroxyl groups is 1. The van der Waals surface area contributed by atoms with Crippen LogP contribution in [0.15, 0.2) is 29.3 Å². The van der Waals surface area contributed by atoms with E-state index in [1.165, 1.54) is 10.6 Å². The van der Waals surface area contributed by atoms with Crippen LogP contribution in [-0.2, 0) is 6.54 Å². The number of halogens is 2. The molecule has 1 aromatic carbocycles. The van der Waals surface area contributed by atoms with Crippen molar-refractivity contribution in [1.82, 2.24) is 25.1 Å². The molecule has 2 saturated heterocycles. The molecule has 2 N–H and O–H groups in total. The van der Waals surface area contributed by atoms with Gasteiger partial charge in [0.25, 0.3) is 5.56 Å². The average molecular weight is 445 g/mol.